The third kappa shape index (κ3) is 4.07. The average molecular weight is 222 g/mol. The first kappa shape index (κ1) is 12.1. The summed E-state index contributed by atoms with van der Waals surface area (Å²) in [4.78, 5) is 17.5. The molecule has 6 heteroatoms. The van der Waals surface area contributed by atoms with Gasteiger partial charge in [0, 0.05) is 12.6 Å². The molecule has 0 aromatic rings. The first-order chi connectivity index (χ1) is 6.50. The topological polar surface area (TPSA) is 95.6 Å². The van der Waals surface area contributed by atoms with Gasteiger partial charge < -0.3 is 20.8 Å². The standard InChI is InChI=1S/C8H19N2O3P/c9-8(14(11,12)13)6-10-7-4-2-1-3-5-7/h7-8,10H,1-6,9H2,(H2,11,12,13). The zero-order valence-corrected chi connectivity index (χ0v) is 9.12. The van der Waals surface area contributed by atoms with Crippen LogP contribution in [0.3, 0.4) is 0 Å². The van der Waals surface area contributed by atoms with Crippen molar-refractivity contribution < 1.29 is 14.4 Å². The van der Waals surface area contributed by atoms with Crippen molar-refractivity contribution in [2.75, 3.05) is 6.54 Å². The van der Waals surface area contributed by atoms with E-state index >= 15 is 0 Å². The lowest BCUT2D eigenvalue weighted by atomic mass is 9.95. The van der Waals surface area contributed by atoms with Crippen LogP contribution < -0.4 is 11.1 Å². The second kappa shape index (κ2) is 5.24. The Balaban J connectivity index is 2.22. The van der Waals surface area contributed by atoms with E-state index in [1.54, 1.807) is 0 Å². The highest BCUT2D eigenvalue weighted by Gasteiger charge is 2.25. The summed E-state index contributed by atoms with van der Waals surface area (Å²) in [5.74, 6) is -1.07. The van der Waals surface area contributed by atoms with E-state index in [4.69, 9.17) is 15.5 Å². The van der Waals surface area contributed by atoms with Crippen LogP contribution in [0.2, 0.25) is 0 Å². The molecule has 1 fully saturated rings. The summed E-state index contributed by atoms with van der Waals surface area (Å²) in [5, 5.41) is 3.11. The fourth-order valence-electron chi connectivity index (χ4n) is 1.71. The molecule has 1 aliphatic carbocycles. The normalized spacial score (nSPS) is 22.2. The average Bonchev–Trinajstić information content (AvgIpc) is 2.14. The van der Waals surface area contributed by atoms with Crippen LogP contribution in [-0.4, -0.2) is 28.2 Å². The zero-order chi connectivity index (χ0) is 10.6. The zero-order valence-electron chi connectivity index (χ0n) is 8.22. The molecule has 1 rings (SSSR count). The van der Waals surface area contributed by atoms with E-state index in [-0.39, 0.29) is 6.54 Å². The van der Waals surface area contributed by atoms with Crippen molar-refractivity contribution in [3.8, 4) is 0 Å². The summed E-state index contributed by atoms with van der Waals surface area (Å²) in [6.45, 7) is 0.203. The summed E-state index contributed by atoms with van der Waals surface area (Å²) in [7, 11) is -4.11. The van der Waals surface area contributed by atoms with Crippen LogP contribution in [0.25, 0.3) is 0 Å². The molecule has 0 saturated heterocycles. The molecule has 84 valence electrons. The SMILES string of the molecule is NC(CNC1CCCCC1)P(=O)(O)O. The molecule has 0 heterocycles. The van der Waals surface area contributed by atoms with Crippen molar-refractivity contribution in [1.82, 2.24) is 5.32 Å². The maximum absolute atomic E-state index is 10.7. The molecule has 1 unspecified atom stereocenters. The van der Waals surface area contributed by atoms with Crippen molar-refractivity contribution in [1.29, 1.82) is 0 Å². The molecule has 5 N–H and O–H groups in total. The maximum atomic E-state index is 10.7. The minimum Gasteiger partial charge on any atom is -0.323 e. The molecule has 0 radical (unpaired) electrons. The second-order valence-corrected chi connectivity index (χ2v) is 5.74. The summed E-state index contributed by atoms with van der Waals surface area (Å²) in [5.41, 5.74) is 5.34. The fourth-order valence-corrected chi connectivity index (χ4v) is 2.06. The molecule has 0 aromatic carbocycles. The predicted molar refractivity (Wildman–Crippen MR) is 54.9 cm³/mol. The van der Waals surface area contributed by atoms with Gasteiger partial charge in [0.15, 0.2) is 0 Å². The number of hydrogen-bond acceptors (Lipinski definition) is 3. The highest BCUT2D eigenvalue weighted by Crippen LogP contribution is 2.37. The summed E-state index contributed by atoms with van der Waals surface area (Å²) >= 11 is 0. The van der Waals surface area contributed by atoms with E-state index in [0.717, 1.165) is 12.8 Å². The number of nitrogens with one attached hydrogen (secondary N) is 1. The van der Waals surface area contributed by atoms with E-state index in [2.05, 4.69) is 5.32 Å². The second-order valence-electron chi connectivity index (χ2n) is 3.90. The van der Waals surface area contributed by atoms with E-state index in [1.165, 1.54) is 19.3 Å². The minimum atomic E-state index is -4.11. The molecule has 14 heavy (non-hydrogen) atoms. The minimum absolute atomic E-state index is 0.203. The van der Waals surface area contributed by atoms with Gasteiger partial charge in [-0.25, -0.2) is 0 Å². The Kier molecular flexibility index (Phi) is 4.54. The first-order valence-corrected chi connectivity index (χ1v) is 6.72. The molecule has 5 nitrogen and oxygen atoms in total. The van der Waals surface area contributed by atoms with E-state index < -0.39 is 13.4 Å². The lowest BCUT2D eigenvalue weighted by Crippen LogP contribution is -2.40. The maximum Gasteiger partial charge on any atom is 0.343 e. The lowest BCUT2D eigenvalue weighted by molar-refractivity contribution is 0.339. The third-order valence-electron chi connectivity index (χ3n) is 2.65. The molecule has 0 bridgehead atoms. The summed E-state index contributed by atoms with van der Waals surface area (Å²) in [6.07, 6.45) is 5.84. The van der Waals surface area contributed by atoms with Gasteiger partial charge in [-0.3, -0.25) is 4.57 Å². The van der Waals surface area contributed by atoms with Gasteiger partial charge in [0.1, 0.15) is 5.78 Å². The Labute approximate surface area is 84.2 Å². The molecule has 1 atom stereocenters. The van der Waals surface area contributed by atoms with Gasteiger partial charge in [0.05, 0.1) is 0 Å². The molecule has 0 amide bonds. The summed E-state index contributed by atoms with van der Waals surface area (Å²) < 4.78 is 10.7. The van der Waals surface area contributed by atoms with Crippen molar-refractivity contribution in [3.05, 3.63) is 0 Å². The van der Waals surface area contributed by atoms with E-state index in [0.29, 0.717) is 6.04 Å². The molecule has 0 aliphatic heterocycles. The Morgan fingerprint density at radius 3 is 2.43 bits per heavy atom. The largest absolute Gasteiger partial charge is 0.343 e. The van der Waals surface area contributed by atoms with Crippen LogP contribution in [0.15, 0.2) is 0 Å². The Morgan fingerprint density at radius 1 is 1.36 bits per heavy atom. The quantitative estimate of drug-likeness (QED) is 0.515. The molecular weight excluding hydrogens is 203 g/mol. The highest BCUT2D eigenvalue weighted by molar-refractivity contribution is 7.52. The van der Waals surface area contributed by atoms with Gasteiger partial charge in [0.2, 0.25) is 0 Å². The van der Waals surface area contributed by atoms with Gasteiger partial charge in [-0.2, -0.15) is 0 Å². The van der Waals surface area contributed by atoms with Crippen LogP contribution >= 0.6 is 7.60 Å². The number of rotatable bonds is 4. The summed E-state index contributed by atoms with van der Waals surface area (Å²) in [6, 6.07) is 0.390. The van der Waals surface area contributed by atoms with Gasteiger partial charge in [-0.05, 0) is 12.8 Å². The van der Waals surface area contributed by atoms with E-state index in [1.807, 2.05) is 0 Å². The molecule has 0 spiro atoms. The molecule has 1 saturated carbocycles. The monoisotopic (exact) mass is 222 g/mol. The highest BCUT2D eigenvalue weighted by atomic mass is 31.2. The first-order valence-electron chi connectivity index (χ1n) is 5.04. The predicted octanol–water partition coefficient (Wildman–Crippen LogP) is 0.371. The van der Waals surface area contributed by atoms with Gasteiger partial charge in [-0.1, -0.05) is 19.3 Å². The van der Waals surface area contributed by atoms with Crippen molar-refractivity contribution in [2.45, 2.75) is 43.9 Å². The van der Waals surface area contributed by atoms with Crippen LogP contribution in [-0.2, 0) is 4.57 Å². The van der Waals surface area contributed by atoms with Crippen LogP contribution in [0.4, 0.5) is 0 Å². The van der Waals surface area contributed by atoms with Crippen molar-refractivity contribution in [3.63, 3.8) is 0 Å². The Bertz CT molecular complexity index is 213. The number of hydrogen-bond donors (Lipinski definition) is 4. The van der Waals surface area contributed by atoms with E-state index in [9.17, 15) is 4.57 Å². The lowest BCUT2D eigenvalue weighted by Gasteiger charge is -2.24. The van der Waals surface area contributed by atoms with Crippen molar-refractivity contribution in [2.24, 2.45) is 5.73 Å². The molecule has 1 aliphatic rings. The Morgan fingerprint density at radius 2 is 1.93 bits per heavy atom. The number of nitrogens with two attached hydrogens (primary N) is 1. The van der Waals surface area contributed by atoms with Crippen LogP contribution in [0.5, 0.6) is 0 Å². The van der Waals surface area contributed by atoms with Crippen LogP contribution in [0, 0.1) is 0 Å². The van der Waals surface area contributed by atoms with Crippen LogP contribution in [0.1, 0.15) is 32.1 Å². The third-order valence-corrected chi connectivity index (χ3v) is 3.70. The Hall–Kier alpha value is 0.0700. The molecular formula is C8H19N2O3P. The van der Waals surface area contributed by atoms with Gasteiger partial charge in [-0.15, -0.1) is 0 Å². The van der Waals surface area contributed by atoms with Crippen molar-refractivity contribution >= 4 is 7.60 Å². The van der Waals surface area contributed by atoms with Gasteiger partial charge in [0.25, 0.3) is 0 Å². The smallest absolute Gasteiger partial charge is 0.323 e. The molecule has 0 aromatic heterocycles. The fraction of sp³-hybridized carbons (Fsp3) is 1.00. The van der Waals surface area contributed by atoms with Gasteiger partial charge >= 0.3 is 7.60 Å².